The summed E-state index contributed by atoms with van der Waals surface area (Å²) < 4.78 is 39.6. The molecule has 0 bridgehead atoms. The lowest BCUT2D eigenvalue weighted by Gasteiger charge is -2.10. The lowest BCUT2D eigenvalue weighted by atomic mass is 10.2. The number of nitrogens with one attached hydrogen (secondary N) is 2. The molecule has 0 saturated carbocycles. The highest BCUT2D eigenvalue weighted by Crippen LogP contribution is 2.21. The van der Waals surface area contributed by atoms with E-state index in [1.54, 1.807) is 0 Å². The molecular weight excluding hydrogens is 275 g/mol. The van der Waals surface area contributed by atoms with Crippen molar-refractivity contribution in [3.8, 4) is 0 Å². The molecule has 1 aromatic carbocycles. The molecule has 0 atom stereocenters. The number of nitrogen functional groups attached to an aromatic ring is 1. The maximum Gasteiger partial charge on any atom is 0.312 e. The predicted molar refractivity (Wildman–Crippen MR) is 68.3 cm³/mol. The lowest BCUT2D eigenvalue weighted by Crippen LogP contribution is -2.37. The lowest BCUT2D eigenvalue weighted by molar-refractivity contribution is 0.249. The van der Waals surface area contributed by atoms with Crippen LogP contribution < -0.4 is 21.5 Å². The van der Waals surface area contributed by atoms with Gasteiger partial charge >= 0.3 is 6.03 Å². The standard InChI is InChI=1S/C10H15FN4O3S/c1-6-4-7(12)5-8(9(6)11)19(17,18)15-3-2-14-10(13)16/h4-5,15H,2-3,12H2,1H3,(H3,13,14,16). The number of aryl methyl sites for hydroxylation is 1. The number of anilines is 1. The molecule has 0 aliphatic heterocycles. The molecule has 0 aliphatic rings. The van der Waals surface area contributed by atoms with Gasteiger partial charge in [0, 0.05) is 18.8 Å². The Morgan fingerprint density at radius 2 is 2.00 bits per heavy atom. The van der Waals surface area contributed by atoms with Gasteiger partial charge in [-0.2, -0.15) is 0 Å². The largest absolute Gasteiger partial charge is 0.399 e. The first-order valence-corrected chi connectivity index (χ1v) is 6.81. The third-order valence-corrected chi connectivity index (χ3v) is 3.71. The van der Waals surface area contributed by atoms with E-state index in [0.717, 1.165) is 6.07 Å². The molecule has 7 nitrogen and oxygen atoms in total. The maximum atomic E-state index is 13.8. The van der Waals surface area contributed by atoms with Crippen LogP contribution >= 0.6 is 0 Å². The van der Waals surface area contributed by atoms with E-state index in [0.29, 0.717) is 0 Å². The van der Waals surface area contributed by atoms with Gasteiger partial charge in [-0.3, -0.25) is 0 Å². The highest BCUT2D eigenvalue weighted by molar-refractivity contribution is 7.89. The van der Waals surface area contributed by atoms with E-state index in [1.807, 2.05) is 0 Å². The van der Waals surface area contributed by atoms with Crippen molar-refractivity contribution in [3.63, 3.8) is 0 Å². The fourth-order valence-corrected chi connectivity index (χ4v) is 2.62. The summed E-state index contributed by atoms with van der Waals surface area (Å²) in [5.74, 6) is -0.857. The Morgan fingerprint density at radius 3 is 2.58 bits per heavy atom. The summed E-state index contributed by atoms with van der Waals surface area (Å²) in [6, 6.07) is 1.60. The summed E-state index contributed by atoms with van der Waals surface area (Å²) >= 11 is 0. The number of halogens is 1. The second kappa shape index (κ2) is 5.85. The normalized spacial score (nSPS) is 11.3. The third-order valence-electron chi connectivity index (χ3n) is 2.25. The fourth-order valence-electron chi connectivity index (χ4n) is 1.41. The summed E-state index contributed by atoms with van der Waals surface area (Å²) in [6.45, 7) is 1.30. The van der Waals surface area contributed by atoms with Crippen LogP contribution in [0, 0.1) is 12.7 Å². The Hall–Kier alpha value is -1.87. The molecule has 0 spiro atoms. The number of benzene rings is 1. The average molecular weight is 290 g/mol. The van der Waals surface area contributed by atoms with Gasteiger partial charge in [-0.25, -0.2) is 22.3 Å². The van der Waals surface area contributed by atoms with Gasteiger partial charge in [0.15, 0.2) is 0 Å². The van der Waals surface area contributed by atoms with Crippen molar-refractivity contribution in [2.75, 3.05) is 18.8 Å². The topological polar surface area (TPSA) is 127 Å². The molecule has 0 radical (unpaired) electrons. The number of rotatable bonds is 5. The molecule has 1 aromatic rings. The van der Waals surface area contributed by atoms with Crippen LogP contribution in [-0.2, 0) is 10.0 Å². The summed E-state index contributed by atoms with van der Waals surface area (Å²) in [7, 11) is -4.03. The van der Waals surface area contributed by atoms with E-state index in [9.17, 15) is 17.6 Å². The second-order valence-corrected chi connectivity index (χ2v) is 5.57. The van der Waals surface area contributed by atoms with Gasteiger partial charge in [-0.1, -0.05) is 0 Å². The van der Waals surface area contributed by atoms with Crippen molar-refractivity contribution in [1.82, 2.24) is 10.0 Å². The number of sulfonamides is 1. The average Bonchev–Trinajstić information content (AvgIpc) is 2.29. The molecule has 6 N–H and O–H groups in total. The highest BCUT2D eigenvalue weighted by atomic mass is 32.2. The monoisotopic (exact) mass is 290 g/mol. The second-order valence-electron chi connectivity index (χ2n) is 3.84. The van der Waals surface area contributed by atoms with Crippen molar-refractivity contribution in [3.05, 3.63) is 23.5 Å². The smallest absolute Gasteiger partial charge is 0.312 e. The number of carbonyl (C=O) groups is 1. The molecule has 0 aromatic heterocycles. The van der Waals surface area contributed by atoms with E-state index in [1.165, 1.54) is 13.0 Å². The van der Waals surface area contributed by atoms with Crippen molar-refractivity contribution < 1.29 is 17.6 Å². The van der Waals surface area contributed by atoms with Gasteiger partial charge in [0.2, 0.25) is 10.0 Å². The molecule has 0 fully saturated rings. The van der Waals surface area contributed by atoms with E-state index in [2.05, 4.69) is 10.0 Å². The first-order chi connectivity index (χ1) is 8.74. The van der Waals surface area contributed by atoms with E-state index >= 15 is 0 Å². The number of primary amides is 1. The molecule has 0 heterocycles. The quantitative estimate of drug-likeness (QED) is 0.437. The van der Waals surface area contributed by atoms with Crippen molar-refractivity contribution in [1.29, 1.82) is 0 Å². The first kappa shape index (κ1) is 15.2. The van der Waals surface area contributed by atoms with Crippen molar-refractivity contribution in [2.45, 2.75) is 11.8 Å². The molecule has 9 heteroatoms. The van der Waals surface area contributed by atoms with Crippen molar-refractivity contribution in [2.24, 2.45) is 5.73 Å². The van der Waals surface area contributed by atoms with Crippen LogP contribution in [0.5, 0.6) is 0 Å². The van der Waals surface area contributed by atoms with Gasteiger partial charge < -0.3 is 16.8 Å². The van der Waals surface area contributed by atoms with Gasteiger partial charge in [0.25, 0.3) is 0 Å². The molecule has 106 valence electrons. The van der Waals surface area contributed by atoms with E-state index in [-0.39, 0.29) is 24.3 Å². The molecular formula is C10H15FN4O3S. The molecule has 0 unspecified atom stereocenters. The minimum atomic E-state index is -4.03. The predicted octanol–water partition coefficient (Wildman–Crippen LogP) is -0.337. The van der Waals surface area contributed by atoms with E-state index < -0.39 is 26.8 Å². The fraction of sp³-hybridized carbons (Fsp3) is 0.300. The first-order valence-electron chi connectivity index (χ1n) is 5.32. The summed E-state index contributed by atoms with van der Waals surface area (Å²) in [5, 5.41) is 2.20. The van der Waals surface area contributed by atoms with Crippen molar-refractivity contribution >= 4 is 21.7 Å². The Kier molecular flexibility index (Phi) is 4.67. The van der Waals surface area contributed by atoms with Crippen LogP contribution in [0.1, 0.15) is 5.56 Å². The zero-order valence-electron chi connectivity index (χ0n) is 10.2. The summed E-state index contributed by atoms with van der Waals surface area (Å²) in [5.41, 5.74) is 10.6. The van der Waals surface area contributed by atoms with Crippen LogP contribution in [0.15, 0.2) is 17.0 Å². The Labute approximate surface area is 110 Å². The number of urea groups is 1. The Balaban J connectivity index is 2.86. The molecule has 0 aliphatic carbocycles. The number of hydrogen-bond donors (Lipinski definition) is 4. The van der Waals surface area contributed by atoms with Gasteiger partial charge in [0.1, 0.15) is 10.7 Å². The number of nitrogens with two attached hydrogens (primary N) is 2. The van der Waals surface area contributed by atoms with Gasteiger partial charge in [-0.15, -0.1) is 0 Å². The zero-order chi connectivity index (χ0) is 14.6. The molecule has 19 heavy (non-hydrogen) atoms. The Morgan fingerprint density at radius 1 is 1.37 bits per heavy atom. The maximum absolute atomic E-state index is 13.8. The number of hydrogen-bond acceptors (Lipinski definition) is 4. The third kappa shape index (κ3) is 4.07. The number of amides is 2. The van der Waals surface area contributed by atoms with Crippen LogP contribution in [-0.4, -0.2) is 27.5 Å². The van der Waals surface area contributed by atoms with Crippen LogP contribution in [0.25, 0.3) is 0 Å². The summed E-state index contributed by atoms with van der Waals surface area (Å²) in [4.78, 5) is 9.87. The minimum Gasteiger partial charge on any atom is -0.399 e. The highest BCUT2D eigenvalue weighted by Gasteiger charge is 2.20. The summed E-state index contributed by atoms with van der Waals surface area (Å²) in [6.07, 6.45) is 0. The van der Waals surface area contributed by atoms with Crippen LogP contribution in [0.3, 0.4) is 0 Å². The molecule has 1 rings (SSSR count). The molecule has 0 saturated heterocycles. The van der Waals surface area contributed by atoms with Crippen LogP contribution in [0.2, 0.25) is 0 Å². The minimum absolute atomic E-state index is 0.00250. The Bertz CT molecular complexity index is 589. The van der Waals surface area contributed by atoms with Gasteiger partial charge in [-0.05, 0) is 24.6 Å². The molecule has 2 amide bonds. The zero-order valence-corrected chi connectivity index (χ0v) is 11.1. The number of carbonyl (C=O) groups excluding carboxylic acids is 1. The van der Waals surface area contributed by atoms with Gasteiger partial charge in [0.05, 0.1) is 0 Å². The van der Waals surface area contributed by atoms with E-state index in [4.69, 9.17) is 11.5 Å². The SMILES string of the molecule is Cc1cc(N)cc(S(=O)(=O)NCCNC(N)=O)c1F. The van der Waals surface area contributed by atoms with Crippen LogP contribution in [0.4, 0.5) is 14.9 Å².